The molecule has 0 aliphatic heterocycles. The van der Waals surface area contributed by atoms with Crippen LogP contribution in [0.2, 0.25) is 0 Å². The molecular weight excluding hydrogens is 398 g/mol. The summed E-state index contributed by atoms with van der Waals surface area (Å²) >= 11 is 1.34. The number of benzene rings is 2. The highest BCUT2D eigenvalue weighted by atomic mass is 32.1. The monoisotopic (exact) mass is 419 g/mol. The zero-order valence-corrected chi connectivity index (χ0v) is 17.7. The lowest BCUT2D eigenvalue weighted by Gasteiger charge is -2.14. The SMILES string of the molecule is Cc1cc2c(=O)n(-c3ccccc3)c(=O)n(CC(=O)Nc3c(C)cccc3C)c2s1. The van der Waals surface area contributed by atoms with Gasteiger partial charge in [-0.3, -0.25) is 14.2 Å². The minimum atomic E-state index is -0.530. The minimum absolute atomic E-state index is 0.184. The lowest BCUT2D eigenvalue weighted by Crippen LogP contribution is -2.40. The Labute approximate surface area is 177 Å². The van der Waals surface area contributed by atoms with Crippen LogP contribution in [0.1, 0.15) is 16.0 Å². The van der Waals surface area contributed by atoms with Gasteiger partial charge in [0.2, 0.25) is 5.91 Å². The highest BCUT2D eigenvalue weighted by Gasteiger charge is 2.19. The molecule has 0 saturated heterocycles. The molecule has 2 heterocycles. The van der Waals surface area contributed by atoms with E-state index in [4.69, 9.17) is 0 Å². The number of para-hydroxylation sites is 2. The predicted molar refractivity (Wildman–Crippen MR) is 121 cm³/mol. The first-order valence-electron chi connectivity index (χ1n) is 9.54. The van der Waals surface area contributed by atoms with E-state index in [-0.39, 0.29) is 18.0 Å². The van der Waals surface area contributed by atoms with Crippen LogP contribution >= 0.6 is 11.3 Å². The first-order valence-corrected chi connectivity index (χ1v) is 10.4. The van der Waals surface area contributed by atoms with Crippen molar-refractivity contribution in [1.82, 2.24) is 9.13 Å². The molecule has 0 aliphatic rings. The van der Waals surface area contributed by atoms with Crippen molar-refractivity contribution in [2.45, 2.75) is 27.3 Å². The van der Waals surface area contributed by atoms with E-state index in [1.165, 1.54) is 15.9 Å². The van der Waals surface area contributed by atoms with E-state index in [0.717, 1.165) is 26.3 Å². The summed E-state index contributed by atoms with van der Waals surface area (Å²) in [7, 11) is 0. The van der Waals surface area contributed by atoms with Crippen LogP contribution in [0.15, 0.2) is 64.2 Å². The van der Waals surface area contributed by atoms with Crippen LogP contribution in [0.25, 0.3) is 15.9 Å². The zero-order valence-electron chi connectivity index (χ0n) is 16.9. The molecule has 0 unspecified atom stereocenters. The van der Waals surface area contributed by atoms with Crippen LogP contribution in [0.3, 0.4) is 0 Å². The van der Waals surface area contributed by atoms with Gasteiger partial charge in [-0.25, -0.2) is 9.36 Å². The van der Waals surface area contributed by atoms with Gasteiger partial charge in [-0.15, -0.1) is 11.3 Å². The Kier molecular flexibility index (Phi) is 5.13. The van der Waals surface area contributed by atoms with Gasteiger partial charge in [-0.1, -0.05) is 36.4 Å². The van der Waals surface area contributed by atoms with Crippen molar-refractivity contribution in [3.8, 4) is 5.69 Å². The lowest BCUT2D eigenvalue weighted by molar-refractivity contribution is -0.116. The molecule has 1 N–H and O–H groups in total. The highest BCUT2D eigenvalue weighted by molar-refractivity contribution is 7.18. The minimum Gasteiger partial charge on any atom is -0.324 e. The third-order valence-electron chi connectivity index (χ3n) is 5.00. The fourth-order valence-corrected chi connectivity index (χ4v) is 4.54. The van der Waals surface area contributed by atoms with E-state index < -0.39 is 5.69 Å². The van der Waals surface area contributed by atoms with E-state index in [0.29, 0.717) is 15.9 Å². The van der Waals surface area contributed by atoms with Gasteiger partial charge in [-0.2, -0.15) is 0 Å². The number of rotatable bonds is 4. The number of hydrogen-bond acceptors (Lipinski definition) is 4. The fourth-order valence-electron chi connectivity index (χ4n) is 3.55. The molecule has 0 aliphatic carbocycles. The van der Waals surface area contributed by atoms with Gasteiger partial charge < -0.3 is 5.32 Å². The molecule has 2 aromatic carbocycles. The predicted octanol–water partition coefficient (Wildman–Crippen LogP) is 3.78. The molecule has 7 heteroatoms. The van der Waals surface area contributed by atoms with E-state index in [1.54, 1.807) is 30.3 Å². The summed E-state index contributed by atoms with van der Waals surface area (Å²) in [4.78, 5) is 40.6. The molecule has 1 amide bonds. The lowest BCUT2D eigenvalue weighted by atomic mass is 10.1. The molecule has 0 fully saturated rings. The van der Waals surface area contributed by atoms with Crippen LogP contribution in [0.4, 0.5) is 5.69 Å². The van der Waals surface area contributed by atoms with Crippen LogP contribution in [-0.4, -0.2) is 15.0 Å². The number of anilines is 1. The van der Waals surface area contributed by atoms with Gasteiger partial charge in [-0.05, 0) is 50.1 Å². The molecular formula is C23H21N3O3S. The molecule has 4 rings (SSSR count). The number of carbonyl (C=O) groups excluding carboxylic acids is 1. The molecule has 6 nitrogen and oxygen atoms in total. The standard InChI is InChI=1S/C23H21N3O3S/c1-14-8-7-9-15(2)20(14)24-19(27)13-25-22-18(12-16(3)30-22)21(28)26(23(25)29)17-10-5-4-6-11-17/h4-12H,13H2,1-3H3,(H,24,27). The summed E-state index contributed by atoms with van der Waals surface area (Å²) < 4.78 is 2.51. The maximum Gasteiger partial charge on any atom is 0.337 e. The Morgan fingerprint density at radius 2 is 1.63 bits per heavy atom. The van der Waals surface area contributed by atoms with Gasteiger partial charge in [0.25, 0.3) is 5.56 Å². The molecule has 4 aromatic rings. The number of fused-ring (bicyclic) bond motifs is 1. The van der Waals surface area contributed by atoms with Crippen molar-refractivity contribution in [2.24, 2.45) is 0 Å². The quantitative estimate of drug-likeness (QED) is 0.547. The van der Waals surface area contributed by atoms with Crippen molar-refractivity contribution >= 4 is 33.1 Å². The van der Waals surface area contributed by atoms with Crippen molar-refractivity contribution in [3.63, 3.8) is 0 Å². The number of aryl methyl sites for hydroxylation is 3. The summed E-state index contributed by atoms with van der Waals surface area (Å²) in [5.41, 5.74) is 2.20. The average molecular weight is 420 g/mol. The summed E-state index contributed by atoms with van der Waals surface area (Å²) in [5, 5.41) is 3.35. The number of carbonyl (C=O) groups is 1. The molecule has 2 aromatic heterocycles. The highest BCUT2D eigenvalue weighted by Crippen LogP contribution is 2.23. The topological polar surface area (TPSA) is 73.1 Å². The number of thiophene rings is 1. The Hall–Kier alpha value is -3.45. The first-order chi connectivity index (χ1) is 14.4. The average Bonchev–Trinajstić information content (AvgIpc) is 3.11. The largest absolute Gasteiger partial charge is 0.337 e. The van der Waals surface area contributed by atoms with Crippen molar-refractivity contribution in [2.75, 3.05) is 5.32 Å². The van der Waals surface area contributed by atoms with Gasteiger partial charge in [0.15, 0.2) is 0 Å². The summed E-state index contributed by atoms with van der Waals surface area (Å²) in [6, 6.07) is 16.3. The maximum absolute atomic E-state index is 13.3. The second kappa shape index (κ2) is 7.76. The van der Waals surface area contributed by atoms with E-state index in [9.17, 15) is 14.4 Å². The molecule has 152 valence electrons. The molecule has 0 spiro atoms. The van der Waals surface area contributed by atoms with Crippen LogP contribution in [0, 0.1) is 20.8 Å². The van der Waals surface area contributed by atoms with Gasteiger partial charge in [0.1, 0.15) is 11.4 Å². The van der Waals surface area contributed by atoms with Gasteiger partial charge in [0, 0.05) is 10.6 Å². The molecule has 30 heavy (non-hydrogen) atoms. The molecule has 0 bridgehead atoms. The number of nitrogens with zero attached hydrogens (tertiary/aromatic N) is 2. The van der Waals surface area contributed by atoms with Crippen LogP contribution < -0.4 is 16.6 Å². The summed E-state index contributed by atoms with van der Waals surface area (Å²) in [6.45, 7) is 5.54. The molecule has 0 atom stereocenters. The van der Waals surface area contributed by atoms with Gasteiger partial charge in [0.05, 0.1) is 11.1 Å². The first kappa shape index (κ1) is 19.8. The molecule has 0 saturated carbocycles. The smallest absolute Gasteiger partial charge is 0.324 e. The molecule has 0 radical (unpaired) electrons. The maximum atomic E-state index is 13.3. The van der Waals surface area contributed by atoms with Crippen molar-refractivity contribution in [1.29, 1.82) is 0 Å². The Bertz CT molecular complexity index is 1360. The Morgan fingerprint density at radius 3 is 2.30 bits per heavy atom. The van der Waals surface area contributed by atoms with E-state index in [2.05, 4.69) is 5.32 Å². The number of hydrogen-bond donors (Lipinski definition) is 1. The third kappa shape index (κ3) is 3.48. The number of nitrogens with one attached hydrogen (secondary N) is 1. The second-order valence-electron chi connectivity index (χ2n) is 7.24. The van der Waals surface area contributed by atoms with Crippen LogP contribution in [0.5, 0.6) is 0 Å². The van der Waals surface area contributed by atoms with Crippen molar-refractivity contribution in [3.05, 3.63) is 91.4 Å². The normalized spacial score (nSPS) is 11.0. The summed E-state index contributed by atoms with van der Waals surface area (Å²) in [5.74, 6) is -0.319. The number of amides is 1. The number of aromatic nitrogens is 2. The summed E-state index contributed by atoms with van der Waals surface area (Å²) in [6.07, 6.45) is 0. The van der Waals surface area contributed by atoms with Crippen LogP contribution in [-0.2, 0) is 11.3 Å². The van der Waals surface area contributed by atoms with E-state index >= 15 is 0 Å². The van der Waals surface area contributed by atoms with E-state index in [1.807, 2.05) is 45.0 Å². The second-order valence-corrected chi connectivity index (χ2v) is 8.47. The Balaban J connectivity index is 1.83. The van der Waals surface area contributed by atoms with Gasteiger partial charge >= 0.3 is 5.69 Å². The Morgan fingerprint density at radius 1 is 0.967 bits per heavy atom. The van der Waals surface area contributed by atoms with Crippen molar-refractivity contribution < 1.29 is 4.79 Å². The third-order valence-corrected chi connectivity index (χ3v) is 6.07. The zero-order chi connectivity index (χ0) is 21.4. The fraction of sp³-hybridized carbons (Fsp3) is 0.174.